The second-order valence-electron chi connectivity index (χ2n) is 6.51. The van der Waals surface area contributed by atoms with Crippen molar-refractivity contribution >= 4 is 23.2 Å². The van der Waals surface area contributed by atoms with Gasteiger partial charge in [-0.1, -0.05) is 37.3 Å². The van der Waals surface area contributed by atoms with E-state index in [1.165, 1.54) is 0 Å². The van der Waals surface area contributed by atoms with E-state index in [2.05, 4.69) is 10.2 Å². The van der Waals surface area contributed by atoms with Crippen LogP contribution in [0.2, 0.25) is 0 Å². The number of aryl methyl sites for hydroxylation is 1. The van der Waals surface area contributed by atoms with Crippen LogP contribution in [0.25, 0.3) is 0 Å². The molecule has 5 nitrogen and oxygen atoms in total. The topological polar surface area (TPSA) is 52.7 Å². The lowest BCUT2D eigenvalue weighted by molar-refractivity contribution is -0.131. The highest BCUT2D eigenvalue weighted by Gasteiger charge is 2.22. The standard InChI is InChI=1S/C21H25N3O2/c1-3-20(25)24-14-12-23(13-15-24)19-11-7-6-10-18(19)22-21(26)17-9-5-4-8-16(17)2/h4-11H,3,12-15H2,1-2H3,(H,22,26). The van der Waals surface area contributed by atoms with Gasteiger partial charge in [-0.25, -0.2) is 0 Å². The van der Waals surface area contributed by atoms with Crippen LogP contribution in [0.15, 0.2) is 48.5 Å². The molecule has 0 aliphatic carbocycles. The Kier molecular flexibility index (Phi) is 5.56. The zero-order valence-electron chi connectivity index (χ0n) is 15.4. The van der Waals surface area contributed by atoms with Gasteiger partial charge < -0.3 is 15.1 Å². The predicted octanol–water partition coefficient (Wildman–Crippen LogP) is 3.31. The minimum absolute atomic E-state index is 0.102. The summed E-state index contributed by atoms with van der Waals surface area (Å²) in [6.07, 6.45) is 0.545. The maximum absolute atomic E-state index is 12.7. The Morgan fingerprint density at radius 1 is 0.962 bits per heavy atom. The summed E-state index contributed by atoms with van der Waals surface area (Å²) in [5.41, 5.74) is 3.43. The van der Waals surface area contributed by atoms with Crippen LogP contribution < -0.4 is 10.2 Å². The quantitative estimate of drug-likeness (QED) is 0.919. The zero-order valence-corrected chi connectivity index (χ0v) is 15.4. The molecule has 0 radical (unpaired) electrons. The first-order valence-corrected chi connectivity index (χ1v) is 9.09. The van der Waals surface area contributed by atoms with Gasteiger partial charge in [0.15, 0.2) is 0 Å². The minimum Gasteiger partial charge on any atom is -0.366 e. The number of amides is 2. The lowest BCUT2D eigenvalue weighted by atomic mass is 10.1. The van der Waals surface area contributed by atoms with Gasteiger partial charge in [0.05, 0.1) is 11.4 Å². The van der Waals surface area contributed by atoms with Gasteiger partial charge in [-0.15, -0.1) is 0 Å². The first-order valence-electron chi connectivity index (χ1n) is 9.09. The number of benzene rings is 2. The van der Waals surface area contributed by atoms with Crippen molar-refractivity contribution in [2.45, 2.75) is 20.3 Å². The smallest absolute Gasteiger partial charge is 0.255 e. The molecule has 2 aromatic carbocycles. The largest absolute Gasteiger partial charge is 0.366 e. The van der Waals surface area contributed by atoms with Gasteiger partial charge >= 0.3 is 0 Å². The summed E-state index contributed by atoms with van der Waals surface area (Å²) in [5.74, 6) is 0.0983. The number of carbonyl (C=O) groups is 2. The molecule has 0 saturated carbocycles. The Balaban J connectivity index is 1.74. The molecule has 1 aliphatic rings. The number of hydrogen-bond donors (Lipinski definition) is 1. The van der Waals surface area contributed by atoms with Crippen LogP contribution in [0.5, 0.6) is 0 Å². The fourth-order valence-electron chi connectivity index (χ4n) is 3.29. The average molecular weight is 351 g/mol. The van der Waals surface area contributed by atoms with E-state index in [9.17, 15) is 9.59 Å². The number of rotatable bonds is 4. The molecule has 1 fully saturated rings. The number of nitrogens with one attached hydrogen (secondary N) is 1. The highest BCUT2D eigenvalue weighted by molar-refractivity contribution is 6.06. The Morgan fingerprint density at radius 3 is 2.31 bits per heavy atom. The van der Waals surface area contributed by atoms with Crippen molar-refractivity contribution in [3.05, 3.63) is 59.7 Å². The van der Waals surface area contributed by atoms with Gasteiger partial charge in [-0.05, 0) is 30.7 Å². The molecular formula is C21H25N3O2. The van der Waals surface area contributed by atoms with E-state index in [0.29, 0.717) is 25.1 Å². The van der Waals surface area contributed by atoms with Gasteiger partial charge in [0.25, 0.3) is 5.91 Å². The molecule has 1 heterocycles. The third kappa shape index (κ3) is 3.87. The number of hydrogen-bond acceptors (Lipinski definition) is 3. The van der Waals surface area contributed by atoms with Gasteiger partial charge in [0, 0.05) is 38.2 Å². The lowest BCUT2D eigenvalue weighted by Gasteiger charge is -2.36. The monoisotopic (exact) mass is 351 g/mol. The molecule has 26 heavy (non-hydrogen) atoms. The molecule has 3 rings (SSSR count). The van der Waals surface area contributed by atoms with Crippen LogP contribution in [0.4, 0.5) is 11.4 Å². The van der Waals surface area contributed by atoms with Crippen LogP contribution >= 0.6 is 0 Å². The minimum atomic E-state index is -0.102. The van der Waals surface area contributed by atoms with E-state index in [0.717, 1.165) is 30.0 Å². The first-order chi connectivity index (χ1) is 12.6. The van der Waals surface area contributed by atoms with Crippen LogP contribution in [0.1, 0.15) is 29.3 Å². The molecule has 1 saturated heterocycles. The Labute approximate surface area is 154 Å². The number of piperazine rings is 1. The zero-order chi connectivity index (χ0) is 18.5. The molecule has 0 atom stereocenters. The molecule has 1 N–H and O–H groups in total. The van der Waals surface area contributed by atoms with Gasteiger partial charge in [0.1, 0.15) is 0 Å². The highest BCUT2D eigenvalue weighted by Crippen LogP contribution is 2.27. The van der Waals surface area contributed by atoms with Crippen molar-refractivity contribution in [3.8, 4) is 0 Å². The van der Waals surface area contributed by atoms with Crippen LogP contribution in [-0.2, 0) is 4.79 Å². The summed E-state index contributed by atoms with van der Waals surface area (Å²) >= 11 is 0. The van der Waals surface area contributed by atoms with Crippen molar-refractivity contribution in [2.75, 3.05) is 36.4 Å². The molecule has 0 unspecified atom stereocenters. The molecule has 136 valence electrons. The third-order valence-electron chi connectivity index (χ3n) is 4.82. The molecule has 1 aliphatic heterocycles. The summed E-state index contributed by atoms with van der Waals surface area (Å²) in [4.78, 5) is 28.7. The van der Waals surface area contributed by atoms with Crippen LogP contribution in [0, 0.1) is 6.92 Å². The van der Waals surface area contributed by atoms with E-state index in [4.69, 9.17) is 0 Å². The van der Waals surface area contributed by atoms with Gasteiger partial charge in [-0.3, -0.25) is 9.59 Å². The second-order valence-corrected chi connectivity index (χ2v) is 6.51. The first kappa shape index (κ1) is 18.0. The average Bonchev–Trinajstić information content (AvgIpc) is 2.68. The Bertz CT molecular complexity index is 795. The molecule has 0 spiro atoms. The number of nitrogens with zero attached hydrogens (tertiary/aromatic N) is 2. The fourth-order valence-corrected chi connectivity index (χ4v) is 3.29. The third-order valence-corrected chi connectivity index (χ3v) is 4.82. The summed E-state index contributed by atoms with van der Waals surface area (Å²) in [7, 11) is 0. The van der Waals surface area contributed by atoms with Gasteiger partial charge in [0.2, 0.25) is 5.91 Å². The van der Waals surface area contributed by atoms with Crippen molar-refractivity contribution < 1.29 is 9.59 Å². The van der Waals surface area contributed by atoms with Crippen LogP contribution in [-0.4, -0.2) is 42.9 Å². The molecule has 5 heteroatoms. The Morgan fingerprint density at radius 2 is 1.62 bits per heavy atom. The van der Waals surface area contributed by atoms with E-state index in [1.807, 2.05) is 67.3 Å². The van der Waals surface area contributed by atoms with Crippen LogP contribution in [0.3, 0.4) is 0 Å². The SMILES string of the molecule is CCC(=O)N1CCN(c2ccccc2NC(=O)c2ccccc2C)CC1. The van der Waals surface area contributed by atoms with Crippen molar-refractivity contribution in [3.63, 3.8) is 0 Å². The maximum Gasteiger partial charge on any atom is 0.255 e. The maximum atomic E-state index is 12.7. The summed E-state index contributed by atoms with van der Waals surface area (Å²) in [6, 6.07) is 15.4. The number of anilines is 2. The predicted molar refractivity (Wildman–Crippen MR) is 105 cm³/mol. The van der Waals surface area contributed by atoms with E-state index in [1.54, 1.807) is 0 Å². The lowest BCUT2D eigenvalue weighted by Crippen LogP contribution is -2.48. The van der Waals surface area contributed by atoms with E-state index < -0.39 is 0 Å². The summed E-state index contributed by atoms with van der Waals surface area (Å²) in [6.45, 7) is 6.79. The number of para-hydroxylation sites is 2. The Hall–Kier alpha value is -2.82. The second kappa shape index (κ2) is 8.04. The molecular weight excluding hydrogens is 326 g/mol. The molecule has 0 aromatic heterocycles. The number of carbonyl (C=O) groups excluding carboxylic acids is 2. The van der Waals surface area contributed by atoms with Crippen molar-refractivity contribution in [1.29, 1.82) is 0 Å². The normalized spacial score (nSPS) is 14.2. The molecule has 0 bridgehead atoms. The van der Waals surface area contributed by atoms with Crippen molar-refractivity contribution in [1.82, 2.24) is 4.90 Å². The highest BCUT2D eigenvalue weighted by atomic mass is 16.2. The fraction of sp³-hybridized carbons (Fsp3) is 0.333. The summed E-state index contributed by atoms with van der Waals surface area (Å²) in [5, 5.41) is 3.05. The van der Waals surface area contributed by atoms with E-state index in [-0.39, 0.29) is 11.8 Å². The molecule has 2 amide bonds. The van der Waals surface area contributed by atoms with Gasteiger partial charge in [-0.2, -0.15) is 0 Å². The molecule has 2 aromatic rings. The summed E-state index contributed by atoms with van der Waals surface area (Å²) < 4.78 is 0. The van der Waals surface area contributed by atoms with Crippen molar-refractivity contribution in [2.24, 2.45) is 0 Å². The van der Waals surface area contributed by atoms with E-state index >= 15 is 0 Å².